The Morgan fingerprint density at radius 1 is 1.02 bits per heavy atom. The average Bonchev–Trinajstić information content (AvgIpc) is 3.56. The average molecular weight is 752 g/mol. The Morgan fingerprint density at radius 3 is 2.33 bits per heavy atom. The van der Waals surface area contributed by atoms with E-state index in [9.17, 15) is 31.9 Å². The van der Waals surface area contributed by atoms with Crippen LogP contribution in [0.1, 0.15) is 56.0 Å². The van der Waals surface area contributed by atoms with Crippen LogP contribution in [0.15, 0.2) is 58.9 Å². The lowest BCUT2D eigenvalue weighted by Crippen LogP contribution is -2.65. The Labute approximate surface area is 290 Å². The Kier molecular flexibility index (Phi) is 9.36. The summed E-state index contributed by atoms with van der Waals surface area (Å²) in [7, 11) is 0. The first-order valence-corrected chi connectivity index (χ1v) is 17.1. The number of rotatable bonds is 9. The molecule has 2 aromatic rings. The monoisotopic (exact) mass is 750 g/mol. The molecule has 2 amide bonds. The van der Waals surface area contributed by atoms with Crippen molar-refractivity contribution in [2.45, 2.75) is 58.4 Å². The first-order chi connectivity index (χ1) is 23.0. The Bertz CT molecular complexity index is 1670. The molecule has 1 saturated carbocycles. The Morgan fingerprint density at radius 2 is 1.69 bits per heavy atom. The summed E-state index contributed by atoms with van der Waals surface area (Å²) in [4.78, 5) is 42.8. The largest absolute Gasteiger partial charge is 0.457 e. The van der Waals surface area contributed by atoms with Crippen LogP contribution in [-0.4, -0.2) is 88.5 Å². The van der Waals surface area contributed by atoms with Crippen LogP contribution in [0.4, 0.5) is 17.6 Å². The highest BCUT2D eigenvalue weighted by Crippen LogP contribution is 2.60. The van der Waals surface area contributed by atoms with E-state index in [-0.39, 0.29) is 75.8 Å². The van der Waals surface area contributed by atoms with Crippen LogP contribution in [0.2, 0.25) is 0 Å². The van der Waals surface area contributed by atoms with Gasteiger partial charge in [0.15, 0.2) is 0 Å². The van der Waals surface area contributed by atoms with Crippen molar-refractivity contribution in [3.63, 3.8) is 0 Å². The zero-order chi connectivity index (χ0) is 35.4. The molecule has 0 N–H and O–H groups in total. The molecule has 9 nitrogen and oxygen atoms in total. The second-order valence-electron chi connectivity index (χ2n) is 14.7. The van der Waals surface area contributed by atoms with Crippen LogP contribution in [0.25, 0.3) is 0 Å². The van der Waals surface area contributed by atoms with E-state index >= 15 is 0 Å². The number of ether oxygens (including phenoxy) is 2. The molecule has 2 atom stereocenters. The number of esters is 1. The van der Waals surface area contributed by atoms with Crippen molar-refractivity contribution in [3.05, 3.63) is 75.8 Å². The van der Waals surface area contributed by atoms with Gasteiger partial charge in [0.1, 0.15) is 16.8 Å². The summed E-state index contributed by atoms with van der Waals surface area (Å²) in [5.74, 6) is -2.56. The number of alkyl halides is 3. The van der Waals surface area contributed by atoms with E-state index in [1.54, 1.807) is 54.8 Å². The van der Waals surface area contributed by atoms with Crippen molar-refractivity contribution in [3.8, 4) is 0 Å². The van der Waals surface area contributed by atoms with Crippen molar-refractivity contribution < 1.29 is 41.4 Å². The fourth-order valence-corrected chi connectivity index (χ4v) is 7.71. The minimum absolute atomic E-state index is 0.0894. The summed E-state index contributed by atoms with van der Waals surface area (Å²) < 4.78 is 68.7. The molecule has 2 aliphatic carbocycles. The summed E-state index contributed by atoms with van der Waals surface area (Å²) in [6.45, 7) is 6.77. The summed E-state index contributed by atoms with van der Waals surface area (Å²) >= 11 is 3.48. The number of amides is 2. The van der Waals surface area contributed by atoms with Gasteiger partial charge in [-0.2, -0.15) is 18.3 Å². The SMILES string of the molecule is CC(C)(C)OC(=O)C1=C(Br)C=CCC1COCC1CN(C(=O)c2cnn(Cc3ccc(F)cc3)c2)CC12CN(C(=O)C1(C(F)(F)F)CC1)C2. The fourth-order valence-electron chi connectivity index (χ4n) is 7.04. The van der Waals surface area contributed by atoms with E-state index in [2.05, 4.69) is 21.0 Å². The van der Waals surface area contributed by atoms with Crippen molar-refractivity contribution in [1.82, 2.24) is 19.6 Å². The topological polar surface area (TPSA) is 94.0 Å². The molecular weight excluding hydrogens is 712 g/mol. The first-order valence-electron chi connectivity index (χ1n) is 16.3. The van der Waals surface area contributed by atoms with Gasteiger partial charge in [-0.05, 0) is 57.7 Å². The number of nitrogens with zero attached hydrogens (tertiary/aromatic N) is 4. The van der Waals surface area contributed by atoms with Crippen molar-refractivity contribution >= 4 is 33.7 Å². The van der Waals surface area contributed by atoms with Crippen molar-refractivity contribution in [2.24, 2.45) is 22.7 Å². The fraction of sp³-hybridized carbons (Fsp3) is 0.543. The predicted molar refractivity (Wildman–Crippen MR) is 174 cm³/mol. The van der Waals surface area contributed by atoms with Gasteiger partial charge >= 0.3 is 12.1 Å². The molecule has 2 saturated heterocycles. The molecule has 0 radical (unpaired) electrons. The maximum atomic E-state index is 13.8. The van der Waals surface area contributed by atoms with Crippen LogP contribution in [0.3, 0.4) is 0 Å². The maximum Gasteiger partial charge on any atom is 0.403 e. The van der Waals surface area contributed by atoms with Gasteiger partial charge < -0.3 is 19.3 Å². The molecule has 3 heterocycles. The molecule has 3 fully saturated rings. The summed E-state index contributed by atoms with van der Waals surface area (Å²) in [5, 5.41) is 4.30. The molecule has 0 bridgehead atoms. The summed E-state index contributed by atoms with van der Waals surface area (Å²) in [6, 6.07) is 5.97. The maximum absolute atomic E-state index is 13.8. The second-order valence-corrected chi connectivity index (χ2v) is 15.5. The minimum Gasteiger partial charge on any atom is -0.457 e. The zero-order valence-electron chi connectivity index (χ0n) is 27.6. The van der Waals surface area contributed by atoms with E-state index in [1.165, 1.54) is 23.2 Å². The van der Waals surface area contributed by atoms with Crippen molar-refractivity contribution in [2.75, 3.05) is 39.4 Å². The molecule has 1 spiro atoms. The first kappa shape index (κ1) is 35.3. The number of benzene rings is 1. The molecule has 49 heavy (non-hydrogen) atoms. The lowest BCUT2D eigenvalue weighted by atomic mass is 9.71. The van der Waals surface area contributed by atoms with Gasteiger partial charge in [0.25, 0.3) is 5.91 Å². The summed E-state index contributed by atoms with van der Waals surface area (Å²) in [5.41, 5.74) is -2.03. The van der Waals surface area contributed by atoms with Crippen LogP contribution < -0.4 is 0 Å². The van der Waals surface area contributed by atoms with Crippen LogP contribution in [0, 0.1) is 28.5 Å². The lowest BCUT2D eigenvalue weighted by Gasteiger charge is -2.52. The van der Waals surface area contributed by atoms with Gasteiger partial charge in [-0.15, -0.1) is 0 Å². The number of allylic oxidation sites excluding steroid dienone is 3. The third kappa shape index (κ3) is 7.21. The van der Waals surface area contributed by atoms with Gasteiger partial charge in [-0.25, -0.2) is 9.18 Å². The number of aromatic nitrogens is 2. The number of hydrogen-bond acceptors (Lipinski definition) is 6. The normalized spacial score (nSPS) is 22.8. The quantitative estimate of drug-likeness (QED) is 0.234. The number of carbonyl (C=O) groups excluding carboxylic acids is 3. The highest BCUT2D eigenvalue weighted by atomic mass is 79.9. The van der Waals surface area contributed by atoms with Crippen LogP contribution in [0.5, 0.6) is 0 Å². The molecule has 2 aliphatic heterocycles. The molecule has 264 valence electrons. The van der Waals surface area contributed by atoms with E-state index in [4.69, 9.17) is 9.47 Å². The van der Waals surface area contributed by atoms with Crippen LogP contribution in [-0.2, 0) is 25.6 Å². The van der Waals surface area contributed by atoms with Crippen LogP contribution >= 0.6 is 15.9 Å². The predicted octanol–water partition coefficient (Wildman–Crippen LogP) is 5.90. The van der Waals surface area contributed by atoms with Gasteiger partial charge in [0.2, 0.25) is 5.91 Å². The number of hydrogen-bond donors (Lipinski definition) is 0. The van der Waals surface area contributed by atoms with Gasteiger partial charge in [0.05, 0.1) is 37.1 Å². The third-order valence-corrected chi connectivity index (χ3v) is 10.5. The Balaban J connectivity index is 1.15. The molecule has 4 aliphatic rings. The van der Waals surface area contributed by atoms with E-state index in [0.29, 0.717) is 28.6 Å². The second kappa shape index (κ2) is 13.0. The molecule has 2 unspecified atom stereocenters. The molecule has 1 aromatic carbocycles. The Hall–Kier alpha value is -3.52. The number of carbonyl (C=O) groups is 3. The molecular formula is C35H39BrF4N4O5. The summed E-state index contributed by atoms with van der Waals surface area (Å²) in [6.07, 6.45) is 2.32. The number of likely N-dealkylation sites (tertiary alicyclic amines) is 2. The van der Waals surface area contributed by atoms with Gasteiger partial charge in [-0.1, -0.05) is 40.2 Å². The highest BCUT2D eigenvalue weighted by Gasteiger charge is 2.71. The number of halogens is 5. The van der Waals surface area contributed by atoms with E-state index < -0.39 is 34.5 Å². The zero-order valence-corrected chi connectivity index (χ0v) is 29.2. The highest BCUT2D eigenvalue weighted by molar-refractivity contribution is 9.12. The third-order valence-electron chi connectivity index (χ3n) is 9.85. The van der Waals surface area contributed by atoms with E-state index in [1.807, 2.05) is 6.08 Å². The van der Waals surface area contributed by atoms with Gasteiger partial charge in [-0.3, -0.25) is 14.3 Å². The molecule has 6 rings (SSSR count). The standard InChI is InChI=1S/C35H39BrF4N4O5/c1-32(2,3)49-30(46)28-23(5-4-6-27(28)36)17-48-18-25-16-42(19-33(25)20-43(21-33)31(47)34(11-12-34)35(38,39)40)29(45)24-13-41-44(15-24)14-22-7-9-26(37)10-8-22/h4,6-10,13,15,23,25H,5,11-12,14,16-21H2,1-3H3. The molecule has 1 aromatic heterocycles. The smallest absolute Gasteiger partial charge is 0.403 e. The minimum atomic E-state index is -4.61. The van der Waals surface area contributed by atoms with E-state index in [0.717, 1.165) is 5.56 Å². The molecule has 14 heteroatoms. The lowest BCUT2D eigenvalue weighted by molar-refractivity contribution is -0.205. The van der Waals surface area contributed by atoms with Gasteiger partial charge in [0, 0.05) is 54.1 Å². The van der Waals surface area contributed by atoms with Crippen molar-refractivity contribution in [1.29, 1.82) is 0 Å².